The summed E-state index contributed by atoms with van der Waals surface area (Å²) in [6, 6.07) is 14.5. The minimum atomic E-state index is -0.343. The van der Waals surface area contributed by atoms with E-state index in [1.165, 1.54) is 0 Å². The van der Waals surface area contributed by atoms with Crippen molar-refractivity contribution in [2.45, 2.75) is 20.1 Å². The van der Waals surface area contributed by atoms with Crippen LogP contribution >= 0.6 is 11.6 Å². The number of aliphatic hydroxyl groups is 1. The van der Waals surface area contributed by atoms with Crippen LogP contribution in [0.1, 0.15) is 27.3 Å². The van der Waals surface area contributed by atoms with Gasteiger partial charge in [-0.25, -0.2) is 4.68 Å². The van der Waals surface area contributed by atoms with E-state index >= 15 is 0 Å². The lowest BCUT2D eigenvalue weighted by Gasteiger charge is -2.06. The lowest BCUT2D eigenvalue weighted by atomic mass is 10.2. The van der Waals surface area contributed by atoms with E-state index in [4.69, 9.17) is 11.6 Å². The summed E-state index contributed by atoms with van der Waals surface area (Å²) in [6.07, 6.45) is 0. The van der Waals surface area contributed by atoms with Gasteiger partial charge < -0.3 is 10.4 Å². The van der Waals surface area contributed by atoms with E-state index in [0.29, 0.717) is 22.9 Å². The summed E-state index contributed by atoms with van der Waals surface area (Å²) in [4.78, 5) is 12.4. The van der Waals surface area contributed by atoms with Crippen LogP contribution in [0.25, 0.3) is 0 Å². The quantitative estimate of drug-likeness (QED) is 0.736. The summed E-state index contributed by atoms with van der Waals surface area (Å²) >= 11 is 5.99. The minimum absolute atomic E-state index is 0.0848. The van der Waals surface area contributed by atoms with Crippen LogP contribution in [0.5, 0.6) is 0 Å². The Hall–Kier alpha value is -2.70. The largest absolute Gasteiger partial charge is 0.392 e. The van der Waals surface area contributed by atoms with E-state index in [0.717, 1.165) is 11.1 Å². The zero-order chi connectivity index (χ0) is 17.8. The Kier molecular flexibility index (Phi) is 5.11. The van der Waals surface area contributed by atoms with E-state index in [1.54, 1.807) is 41.9 Å². The smallest absolute Gasteiger partial charge is 0.278 e. The molecule has 0 saturated heterocycles. The third-order valence-electron chi connectivity index (χ3n) is 3.79. The molecular formula is C18H17ClN4O2. The van der Waals surface area contributed by atoms with E-state index in [9.17, 15) is 9.90 Å². The zero-order valence-corrected chi connectivity index (χ0v) is 14.4. The third-order valence-corrected chi connectivity index (χ3v) is 4.02. The van der Waals surface area contributed by atoms with E-state index < -0.39 is 0 Å². The van der Waals surface area contributed by atoms with Gasteiger partial charge in [-0.15, -0.1) is 5.10 Å². The first-order valence-corrected chi connectivity index (χ1v) is 8.10. The number of aliphatic hydroxyl groups excluding tert-OH is 1. The third kappa shape index (κ3) is 4.04. The summed E-state index contributed by atoms with van der Waals surface area (Å²) in [5, 5.41) is 20.6. The number of carbonyl (C=O) groups is 1. The predicted octanol–water partition coefficient (Wildman–Crippen LogP) is 3.03. The van der Waals surface area contributed by atoms with Gasteiger partial charge in [-0.05, 0) is 42.3 Å². The Morgan fingerprint density at radius 1 is 1.20 bits per heavy atom. The average Bonchev–Trinajstić information content (AvgIpc) is 2.96. The molecule has 0 radical (unpaired) electrons. The molecule has 0 saturated carbocycles. The molecule has 128 valence electrons. The van der Waals surface area contributed by atoms with Gasteiger partial charge in [0.1, 0.15) is 0 Å². The van der Waals surface area contributed by atoms with Gasteiger partial charge in [-0.2, -0.15) is 0 Å². The molecule has 1 aromatic heterocycles. The van der Waals surface area contributed by atoms with Gasteiger partial charge in [0.2, 0.25) is 0 Å². The van der Waals surface area contributed by atoms with Crippen LogP contribution in [-0.2, 0) is 13.2 Å². The number of aromatic nitrogens is 3. The summed E-state index contributed by atoms with van der Waals surface area (Å²) in [6.45, 7) is 2.19. The fraction of sp³-hybridized carbons (Fsp3) is 0.167. The van der Waals surface area contributed by atoms with Crippen LogP contribution in [-0.4, -0.2) is 26.0 Å². The van der Waals surface area contributed by atoms with Crippen LogP contribution in [0.4, 0.5) is 5.69 Å². The Morgan fingerprint density at radius 3 is 2.72 bits per heavy atom. The summed E-state index contributed by atoms with van der Waals surface area (Å²) < 4.78 is 1.66. The standard InChI is InChI=1S/C18H17ClN4O2/c1-12-17(18(25)20-16-7-3-5-14(9-16)11-24)21-22-23(12)10-13-4-2-6-15(19)8-13/h2-9,24H,10-11H2,1H3,(H,20,25). The molecule has 6 nitrogen and oxygen atoms in total. The van der Waals surface area contributed by atoms with Gasteiger partial charge in [0, 0.05) is 10.7 Å². The molecule has 1 amide bonds. The fourth-order valence-electron chi connectivity index (χ4n) is 2.47. The van der Waals surface area contributed by atoms with Gasteiger partial charge in [-0.3, -0.25) is 4.79 Å². The van der Waals surface area contributed by atoms with E-state index in [-0.39, 0.29) is 18.2 Å². The molecule has 0 aliphatic heterocycles. The van der Waals surface area contributed by atoms with Crippen molar-refractivity contribution in [1.82, 2.24) is 15.0 Å². The van der Waals surface area contributed by atoms with Crippen molar-refractivity contribution in [3.05, 3.63) is 76.1 Å². The van der Waals surface area contributed by atoms with Crippen molar-refractivity contribution in [2.75, 3.05) is 5.32 Å². The van der Waals surface area contributed by atoms with E-state index in [2.05, 4.69) is 15.6 Å². The maximum absolute atomic E-state index is 12.4. The number of halogens is 1. The molecule has 0 unspecified atom stereocenters. The van der Waals surface area contributed by atoms with Crippen molar-refractivity contribution < 1.29 is 9.90 Å². The number of anilines is 1. The first kappa shape index (κ1) is 17.1. The number of nitrogens with one attached hydrogen (secondary N) is 1. The molecular weight excluding hydrogens is 340 g/mol. The highest BCUT2D eigenvalue weighted by atomic mass is 35.5. The first-order chi connectivity index (χ1) is 12.1. The number of hydrogen-bond acceptors (Lipinski definition) is 4. The number of amides is 1. The van der Waals surface area contributed by atoms with Gasteiger partial charge in [0.15, 0.2) is 5.69 Å². The molecule has 3 rings (SSSR count). The molecule has 25 heavy (non-hydrogen) atoms. The van der Waals surface area contributed by atoms with E-state index in [1.807, 2.05) is 18.2 Å². The molecule has 0 bridgehead atoms. The predicted molar refractivity (Wildman–Crippen MR) is 95.6 cm³/mol. The molecule has 0 aliphatic rings. The van der Waals surface area contributed by atoms with Crippen LogP contribution in [0.15, 0.2) is 48.5 Å². The van der Waals surface area contributed by atoms with Crippen molar-refractivity contribution in [2.24, 2.45) is 0 Å². The van der Waals surface area contributed by atoms with Gasteiger partial charge in [-0.1, -0.05) is 41.1 Å². The number of hydrogen-bond donors (Lipinski definition) is 2. The second kappa shape index (κ2) is 7.46. The van der Waals surface area contributed by atoms with Crippen molar-refractivity contribution in [1.29, 1.82) is 0 Å². The molecule has 0 fully saturated rings. The Labute approximate surface area is 150 Å². The second-order valence-corrected chi connectivity index (χ2v) is 6.06. The molecule has 7 heteroatoms. The first-order valence-electron chi connectivity index (χ1n) is 7.72. The molecule has 0 spiro atoms. The molecule has 2 N–H and O–H groups in total. The molecule has 0 atom stereocenters. The molecule has 0 aliphatic carbocycles. The number of nitrogens with zero attached hydrogens (tertiary/aromatic N) is 3. The number of carbonyl (C=O) groups excluding carboxylic acids is 1. The fourth-order valence-corrected chi connectivity index (χ4v) is 2.68. The Bertz CT molecular complexity index is 908. The van der Waals surface area contributed by atoms with Gasteiger partial charge in [0.05, 0.1) is 18.8 Å². The SMILES string of the molecule is Cc1c(C(=O)Nc2cccc(CO)c2)nnn1Cc1cccc(Cl)c1. The van der Waals surface area contributed by atoms with Crippen LogP contribution in [0.3, 0.4) is 0 Å². The molecule has 1 heterocycles. The summed E-state index contributed by atoms with van der Waals surface area (Å²) in [5.74, 6) is -0.343. The summed E-state index contributed by atoms with van der Waals surface area (Å²) in [5.41, 5.74) is 3.22. The Balaban J connectivity index is 1.76. The Morgan fingerprint density at radius 2 is 1.96 bits per heavy atom. The van der Waals surface area contributed by atoms with Crippen LogP contribution in [0, 0.1) is 6.92 Å². The lowest BCUT2D eigenvalue weighted by molar-refractivity contribution is 0.102. The zero-order valence-electron chi connectivity index (χ0n) is 13.6. The monoisotopic (exact) mass is 356 g/mol. The minimum Gasteiger partial charge on any atom is -0.392 e. The van der Waals surface area contributed by atoms with Crippen LogP contribution < -0.4 is 5.32 Å². The van der Waals surface area contributed by atoms with Crippen molar-refractivity contribution in [3.8, 4) is 0 Å². The molecule has 3 aromatic rings. The summed E-state index contributed by atoms with van der Waals surface area (Å²) in [7, 11) is 0. The lowest BCUT2D eigenvalue weighted by Crippen LogP contribution is -2.14. The average molecular weight is 357 g/mol. The number of rotatable bonds is 5. The highest BCUT2D eigenvalue weighted by Crippen LogP contribution is 2.15. The number of benzene rings is 2. The topological polar surface area (TPSA) is 80.0 Å². The van der Waals surface area contributed by atoms with Crippen molar-refractivity contribution in [3.63, 3.8) is 0 Å². The van der Waals surface area contributed by atoms with Crippen LogP contribution in [0.2, 0.25) is 5.02 Å². The van der Waals surface area contributed by atoms with Crippen molar-refractivity contribution >= 4 is 23.2 Å². The highest BCUT2D eigenvalue weighted by molar-refractivity contribution is 6.30. The van der Waals surface area contributed by atoms with Gasteiger partial charge >= 0.3 is 0 Å². The second-order valence-electron chi connectivity index (χ2n) is 5.62. The highest BCUT2D eigenvalue weighted by Gasteiger charge is 2.17. The maximum atomic E-state index is 12.4. The molecule has 2 aromatic carbocycles. The maximum Gasteiger partial charge on any atom is 0.278 e. The normalized spacial score (nSPS) is 10.7. The van der Waals surface area contributed by atoms with Gasteiger partial charge in [0.25, 0.3) is 5.91 Å².